The van der Waals surface area contributed by atoms with E-state index >= 15 is 0 Å². The second kappa shape index (κ2) is 12.5. The molecule has 4 heteroatoms. The van der Waals surface area contributed by atoms with Crippen LogP contribution in [0.25, 0.3) is 42.4 Å². The van der Waals surface area contributed by atoms with Gasteiger partial charge in [0.15, 0.2) is 0 Å². The summed E-state index contributed by atoms with van der Waals surface area (Å²) in [6, 6.07) is 50.9. The minimum atomic E-state index is 0.625. The number of benzene rings is 6. The zero-order chi connectivity index (χ0) is 29.7. The highest BCUT2D eigenvalue weighted by Gasteiger charge is 2.14. The van der Waals surface area contributed by atoms with Gasteiger partial charge in [-0.3, -0.25) is 9.98 Å². The molecule has 6 aromatic carbocycles. The van der Waals surface area contributed by atoms with Crippen molar-refractivity contribution in [2.24, 2.45) is 9.98 Å². The highest BCUT2D eigenvalue weighted by molar-refractivity contribution is 7.26. The molecule has 212 valence electrons. The Morgan fingerprint density at radius 2 is 1.39 bits per heavy atom. The smallest absolute Gasteiger partial charge is 0.0872 e. The van der Waals surface area contributed by atoms with Gasteiger partial charge in [0, 0.05) is 48.3 Å². The molecule has 0 saturated heterocycles. The normalized spacial score (nSPS) is 11.9. The fourth-order valence-corrected chi connectivity index (χ4v) is 6.90. The number of nitrogens with one attached hydrogen (secondary N) is 1. The first-order valence-electron chi connectivity index (χ1n) is 14.8. The number of fused-ring (bicyclic) bond motifs is 3. The minimum absolute atomic E-state index is 0.625. The van der Waals surface area contributed by atoms with Gasteiger partial charge in [-0.25, -0.2) is 0 Å². The lowest BCUT2D eigenvalue weighted by Gasteiger charge is -2.14. The minimum Gasteiger partial charge on any atom is -0.346 e. The van der Waals surface area contributed by atoms with Crippen LogP contribution in [0.3, 0.4) is 0 Å². The summed E-state index contributed by atoms with van der Waals surface area (Å²) in [6.07, 6.45) is 1.79. The van der Waals surface area contributed by atoms with Crippen molar-refractivity contribution < 1.29 is 0 Å². The van der Waals surface area contributed by atoms with Gasteiger partial charge in [0.1, 0.15) is 0 Å². The van der Waals surface area contributed by atoms with Crippen LogP contribution in [0.4, 0.5) is 11.4 Å². The Morgan fingerprint density at radius 1 is 0.659 bits per heavy atom. The molecule has 0 amide bonds. The van der Waals surface area contributed by atoms with Crippen molar-refractivity contribution in [1.29, 1.82) is 0 Å². The zero-order valence-electron chi connectivity index (χ0n) is 24.4. The number of nitrogens with zero attached hydrogens (tertiary/aromatic N) is 2. The SMILES string of the molecule is CC(=Nc1cc(-c2ccccc2)ccc1-c1ccccc1NC=NCc1ccccc1)c1cccc2c1sc1ccccc12. The van der Waals surface area contributed by atoms with Gasteiger partial charge in [0.25, 0.3) is 0 Å². The molecule has 0 atom stereocenters. The van der Waals surface area contributed by atoms with E-state index in [1.807, 2.05) is 41.7 Å². The number of anilines is 1. The van der Waals surface area contributed by atoms with Crippen molar-refractivity contribution in [3.8, 4) is 22.3 Å². The van der Waals surface area contributed by atoms with E-state index in [-0.39, 0.29) is 0 Å². The van der Waals surface area contributed by atoms with Gasteiger partial charge in [-0.15, -0.1) is 11.3 Å². The Bertz CT molecular complexity index is 2130. The van der Waals surface area contributed by atoms with Gasteiger partial charge < -0.3 is 5.32 Å². The predicted molar refractivity (Wildman–Crippen MR) is 191 cm³/mol. The van der Waals surface area contributed by atoms with Crippen molar-refractivity contribution in [2.75, 3.05) is 5.32 Å². The van der Waals surface area contributed by atoms with Crippen LogP contribution >= 0.6 is 11.3 Å². The second-order valence-corrected chi connectivity index (χ2v) is 11.8. The maximum atomic E-state index is 5.35. The van der Waals surface area contributed by atoms with Crippen LogP contribution < -0.4 is 5.32 Å². The van der Waals surface area contributed by atoms with E-state index in [0.29, 0.717) is 6.54 Å². The monoisotopic (exact) mass is 585 g/mol. The maximum Gasteiger partial charge on any atom is 0.0872 e. The average molecular weight is 586 g/mol. The summed E-state index contributed by atoms with van der Waals surface area (Å²) in [5, 5.41) is 6.01. The molecular formula is C40H31N3S. The van der Waals surface area contributed by atoms with Crippen LogP contribution in [-0.2, 0) is 6.54 Å². The number of hydrogen-bond donors (Lipinski definition) is 1. The summed E-state index contributed by atoms with van der Waals surface area (Å²) in [5.41, 5.74) is 9.68. The number of aliphatic imine (C=N–C) groups is 2. The molecule has 3 nitrogen and oxygen atoms in total. The highest BCUT2D eigenvalue weighted by Crippen LogP contribution is 2.40. The first-order chi connectivity index (χ1) is 21.7. The summed E-state index contributed by atoms with van der Waals surface area (Å²) in [4.78, 5) is 9.97. The number of para-hydroxylation sites is 1. The second-order valence-electron chi connectivity index (χ2n) is 10.7. The lowest BCUT2D eigenvalue weighted by molar-refractivity contribution is 1.08. The molecule has 0 aliphatic carbocycles. The molecule has 0 unspecified atom stereocenters. The lowest BCUT2D eigenvalue weighted by Crippen LogP contribution is -1.99. The average Bonchev–Trinajstić information content (AvgIpc) is 3.47. The molecule has 44 heavy (non-hydrogen) atoms. The first-order valence-corrected chi connectivity index (χ1v) is 15.6. The number of hydrogen-bond acceptors (Lipinski definition) is 3. The van der Waals surface area contributed by atoms with Gasteiger partial charge in [0.2, 0.25) is 0 Å². The standard InChI is InChI=1S/C40H31N3S/c1-28(32-19-12-20-36-35-18-9-11-22-39(35)44-40(32)36)43-38-25-31(30-15-6-3-7-16-30)23-24-34(38)33-17-8-10-21-37(33)42-27-41-26-29-13-4-2-5-14-29/h2-25,27H,26H2,1H3,(H,41,42). The lowest BCUT2D eigenvalue weighted by atomic mass is 9.97. The molecular weight excluding hydrogens is 555 g/mol. The molecule has 0 spiro atoms. The summed E-state index contributed by atoms with van der Waals surface area (Å²) >= 11 is 1.83. The van der Waals surface area contributed by atoms with Crippen LogP contribution in [0.5, 0.6) is 0 Å². The van der Waals surface area contributed by atoms with Crippen LogP contribution in [-0.4, -0.2) is 12.1 Å². The van der Waals surface area contributed by atoms with Crippen LogP contribution in [0.15, 0.2) is 156 Å². The number of rotatable bonds is 8. The molecule has 1 aromatic heterocycles. The van der Waals surface area contributed by atoms with Gasteiger partial charge >= 0.3 is 0 Å². The van der Waals surface area contributed by atoms with Crippen molar-refractivity contribution >= 4 is 54.9 Å². The topological polar surface area (TPSA) is 36.8 Å². The van der Waals surface area contributed by atoms with Crippen molar-refractivity contribution in [1.82, 2.24) is 0 Å². The highest BCUT2D eigenvalue weighted by atomic mass is 32.1. The Labute approximate surface area is 261 Å². The molecule has 0 aliphatic rings. The molecule has 0 radical (unpaired) electrons. The van der Waals surface area contributed by atoms with Crippen molar-refractivity contribution in [3.05, 3.63) is 157 Å². The van der Waals surface area contributed by atoms with Crippen molar-refractivity contribution in [3.63, 3.8) is 0 Å². The molecule has 1 N–H and O–H groups in total. The van der Waals surface area contributed by atoms with Gasteiger partial charge in [-0.2, -0.15) is 0 Å². The molecule has 0 saturated carbocycles. The van der Waals surface area contributed by atoms with E-state index in [4.69, 9.17) is 4.99 Å². The molecule has 0 fully saturated rings. The summed E-state index contributed by atoms with van der Waals surface area (Å²) in [6.45, 7) is 2.75. The molecule has 0 bridgehead atoms. The third-order valence-corrected chi connectivity index (χ3v) is 9.05. The quantitative estimate of drug-likeness (QED) is 0.140. The van der Waals surface area contributed by atoms with E-state index in [9.17, 15) is 0 Å². The molecule has 1 heterocycles. The van der Waals surface area contributed by atoms with Crippen LogP contribution in [0.2, 0.25) is 0 Å². The largest absolute Gasteiger partial charge is 0.346 e. The van der Waals surface area contributed by atoms with Gasteiger partial charge in [0.05, 0.1) is 18.6 Å². The van der Waals surface area contributed by atoms with Gasteiger partial charge in [-0.1, -0.05) is 127 Å². The third kappa shape index (κ3) is 5.68. The van der Waals surface area contributed by atoms with E-state index in [2.05, 4.69) is 132 Å². The fourth-order valence-electron chi connectivity index (χ4n) is 5.63. The predicted octanol–water partition coefficient (Wildman–Crippen LogP) is 11.2. The van der Waals surface area contributed by atoms with Crippen LogP contribution in [0, 0.1) is 0 Å². The van der Waals surface area contributed by atoms with E-state index in [0.717, 1.165) is 33.8 Å². The van der Waals surface area contributed by atoms with E-state index in [1.54, 1.807) is 6.34 Å². The maximum absolute atomic E-state index is 5.35. The zero-order valence-corrected chi connectivity index (χ0v) is 25.3. The Kier molecular flexibility index (Phi) is 7.82. The Morgan fingerprint density at radius 3 is 2.25 bits per heavy atom. The first kappa shape index (κ1) is 27.5. The van der Waals surface area contributed by atoms with Crippen LogP contribution in [0.1, 0.15) is 18.1 Å². The van der Waals surface area contributed by atoms with Gasteiger partial charge in [-0.05, 0) is 41.8 Å². The fraction of sp³-hybridized carbons (Fsp3) is 0.0500. The summed E-state index contributed by atoms with van der Waals surface area (Å²) in [5.74, 6) is 0. The van der Waals surface area contributed by atoms with Crippen molar-refractivity contribution in [2.45, 2.75) is 13.5 Å². The summed E-state index contributed by atoms with van der Waals surface area (Å²) < 4.78 is 2.57. The molecule has 7 rings (SSSR count). The molecule has 7 aromatic rings. The Balaban J connectivity index is 1.31. The summed E-state index contributed by atoms with van der Waals surface area (Å²) in [7, 11) is 0. The molecule has 0 aliphatic heterocycles. The van der Waals surface area contributed by atoms with E-state index < -0.39 is 0 Å². The third-order valence-electron chi connectivity index (χ3n) is 7.83. The van der Waals surface area contributed by atoms with E-state index in [1.165, 1.54) is 36.9 Å². The number of thiophene rings is 1. The Hall–Kier alpha value is -5.32.